The second kappa shape index (κ2) is 11.1. The molecule has 1 N–H and O–H groups in total. The van der Waals surface area contributed by atoms with E-state index in [4.69, 9.17) is 14.7 Å². The molecule has 2 aliphatic heterocycles. The van der Waals surface area contributed by atoms with Crippen LogP contribution in [0.5, 0.6) is 0 Å². The number of hydrogen-bond donors (Lipinski definition) is 1. The molecule has 7 heteroatoms. The van der Waals surface area contributed by atoms with Gasteiger partial charge in [-0.15, -0.1) is 0 Å². The van der Waals surface area contributed by atoms with Gasteiger partial charge in [-0.25, -0.2) is 9.97 Å². The van der Waals surface area contributed by atoms with E-state index in [1.54, 1.807) is 11.8 Å². The fraction of sp³-hybridized carbons (Fsp3) is 0.560. The minimum atomic E-state index is -0.0426. The van der Waals surface area contributed by atoms with E-state index in [9.17, 15) is 4.79 Å². The minimum absolute atomic E-state index is 0.0426. The quantitative estimate of drug-likeness (QED) is 0.464. The molecule has 1 aromatic carbocycles. The highest BCUT2D eigenvalue weighted by Gasteiger charge is 2.21. The van der Waals surface area contributed by atoms with Crippen molar-refractivity contribution in [3.05, 3.63) is 47.2 Å². The molecule has 1 amide bonds. The van der Waals surface area contributed by atoms with Crippen LogP contribution in [0.1, 0.15) is 67.6 Å². The highest BCUT2D eigenvalue weighted by atomic mass is 32.2. The Kier molecular flexibility index (Phi) is 8.03. The summed E-state index contributed by atoms with van der Waals surface area (Å²) in [5, 5.41) is 3.81. The molecule has 0 aliphatic carbocycles. The molecule has 2 aliphatic rings. The van der Waals surface area contributed by atoms with Crippen molar-refractivity contribution in [2.45, 2.75) is 75.4 Å². The molecule has 0 spiro atoms. The van der Waals surface area contributed by atoms with Gasteiger partial charge in [0.25, 0.3) is 5.91 Å². The van der Waals surface area contributed by atoms with E-state index in [-0.39, 0.29) is 12.0 Å². The van der Waals surface area contributed by atoms with Crippen molar-refractivity contribution in [1.29, 1.82) is 0 Å². The number of nitrogens with zero attached hydrogens (tertiary/aromatic N) is 3. The van der Waals surface area contributed by atoms with Gasteiger partial charge in [0, 0.05) is 48.8 Å². The lowest BCUT2D eigenvalue weighted by molar-refractivity contribution is 0.0858. The molecule has 0 radical (unpaired) electrons. The van der Waals surface area contributed by atoms with Gasteiger partial charge in [0.1, 0.15) is 5.82 Å². The van der Waals surface area contributed by atoms with E-state index in [0.29, 0.717) is 18.2 Å². The number of piperidine rings is 1. The molecule has 172 valence electrons. The fourth-order valence-corrected chi connectivity index (χ4v) is 5.13. The Morgan fingerprint density at radius 3 is 2.75 bits per heavy atom. The summed E-state index contributed by atoms with van der Waals surface area (Å²) in [6.07, 6.45) is 6.92. The number of ether oxygens (including phenoxy) is 1. The molecule has 0 bridgehead atoms. The maximum absolute atomic E-state index is 12.4. The number of anilines is 1. The van der Waals surface area contributed by atoms with Gasteiger partial charge in [-0.3, -0.25) is 4.79 Å². The van der Waals surface area contributed by atoms with Crippen molar-refractivity contribution in [2.24, 2.45) is 0 Å². The van der Waals surface area contributed by atoms with Crippen LogP contribution in [0.25, 0.3) is 0 Å². The number of aryl methyl sites for hydroxylation is 1. The largest absolute Gasteiger partial charge is 0.376 e. The minimum Gasteiger partial charge on any atom is -0.376 e. The summed E-state index contributed by atoms with van der Waals surface area (Å²) in [5.74, 6) is 1.80. The number of carbonyl (C=O) groups is 1. The van der Waals surface area contributed by atoms with Crippen molar-refractivity contribution in [3.63, 3.8) is 0 Å². The Labute approximate surface area is 195 Å². The first kappa shape index (κ1) is 23.1. The molecule has 6 nitrogen and oxygen atoms in total. The van der Waals surface area contributed by atoms with Crippen LogP contribution in [0.4, 0.5) is 5.82 Å². The molecule has 32 heavy (non-hydrogen) atoms. The van der Waals surface area contributed by atoms with Crippen LogP contribution in [0.2, 0.25) is 0 Å². The standard InChI is InChI=1S/C25H34N4O2S/c1-3-21-15-23(29-13-5-4-7-18(29)2)28-25(27-21)32-17-19-9-11-20(12-10-19)24(30)26-16-22-8-6-14-31-22/h9-12,15,18,22H,3-8,13-14,16-17H2,1-2H3,(H,26,30)/t18-,22+/m1/s1. The molecule has 4 rings (SSSR count). The van der Waals surface area contributed by atoms with Crippen LogP contribution in [-0.4, -0.2) is 47.7 Å². The Hall–Kier alpha value is -2.12. The van der Waals surface area contributed by atoms with Gasteiger partial charge in [0.05, 0.1) is 6.10 Å². The molecule has 0 unspecified atom stereocenters. The zero-order valence-electron chi connectivity index (χ0n) is 19.2. The summed E-state index contributed by atoms with van der Waals surface area (Å²) in [4.78, 5) is 24.4. The number of amides is 1. The lowest BCUT2D eigenvalue weighted by Gasteiger charge is -2.34. The number of aromatic nitrogens is 2. The highest BCUT2D eigenvalue weighted by molar-refractivity contribution is 7.98. The average molecular weight is 455 g/mol. The zero-order chi connectivity index (χ0) is 22.3. The van der Waals surface area contributed by atoms with E-state index in [2.05, 4.69) is 30.1 Å². The summed E-state index contributed by atoms with van der Waals surface area (Å²) in [6.45, 7) is 6.89. The Morgan fingerprint density at radius 2 is 2.03 bits per heavy atom. The molecule has 1 aromatic heterocycles. The zero-order valence-corrected chi connectivity index (χ0v) is 20.0. The topological polar surface area (TPSA) is 67.4 Å². The van der Waals surface area contributed by atoms with Gasteiger partial charge in [-0.1, -0.05) is 30.8 Å². The molecular formula is C25H34N4O2S. The van der Waals surface area contributed by atoms with Crippen molar-refractivity contribution in [1.82, 2.24) is 15.3 Å². The summed E-state index contributed by atoms with van der Waals surface area (Å²) < 4.78 is 5.57. The third-order valence-corrected chi connectivity index (χ3v) is 7.22. The summed E-state index contributed by atoms with van der Waals surface area (Å²) >= 11 is 1.66. The van der Waals surface area contributed by atoms with Gasteiger partial charge in [0.15, 0.2) is 5.16 Å². The molecule has 2 atom stereocenters. The predicted octanol–water partition coefficient (Wildman–Crippen LogP) is 4.62. The van der Waals surface area contributed by atoms with Crippen LogP contribution in [-0.2, 0) is 16.9 Å². The maximum atomic E-state index is 12.4. The molecule has 0 saturated carbocycles. The van der Waals surface area contributed by atoms with E-state index in [1.165, 1.54) is 19.3 Å². The third-order valence-electron chi connectivity index (χ3n) is 6.30. The van der Waals surface area contributed by atoms with Gasteiger partial charge in [-0.2, -0.15) is 0 Å². The van der Waals surface area contributed by atoms with Crippen molar-refractivity contribution in [2.75, 3.05) is 24.6 Å². The summed E-state index contributed by atoms with van der Waals surface area (Å²) in [7, 11) is 0. The van der Waals surface area contributed by atoms with E-state index in [1.807, 2.05) is 24.3 Å². The molecule has 3 heterocycles. The summed E-state index contributed by atoms with van der Waals surface area (Å²) in [5.41, 5.74) is 2.93. The first-order valence-electron chi connectivity index (χ1n) is 11.9. The average Bonchev–Trinajstić information content (AvgIpc) is 3.35. The SMILES string of the molecule is CCc1cc(N2CCCC[C@H]2C)nc(SCc2ccc(C(=O)NC[C@@H]3CCCO3)cc2)n1. The number of benzene rings is 1. The van der Waals surface area contributed by atoms with E-state index < -0.39 is 0 Å². The highest BCUT2D eigenvalue weighted by Crippen LogP contribution is 2.27. The first-order valence-corrected chi connectivity index (χ1v) is 12.9. The normalized spacial score (nSPS) is 21.0. The maximum Gasteiger partial charge on any atom is 0.251 e. The lowest BCUT2D eigenvalue weighted by atomic mass is 10.0. The van der Waals surface area contributed by atoms with Gasteiger partial charge >= 0.3 is 0 Å². The number of thioether (sulfide) groups is 1. The Morgan fingerprint density at radius 1 is 1.19 bits per heavy atom. The smallest absolute Gasteiger partial charge is 0.251 e. The van der Waals surface area contributed by atoms with Gasteiger partial charge < -0.3 is 15.0 Å². The molecular weight excluding hydrogens is 420 g/mol. The van der Waals surface area contributed by atoms with Crippen LogP contribution < -0.4 is 10.2 Å². The Bertz CT molecular complexity index is 899. The number of nitrogens with one attached hydrogen (secondary N) is 1. The lowest BCUT2D eigenvalue weighted by Crippen LogP contribution is -2.38. The van der Waals surface area contributed by atoms with Gasteiger partial charge in [0.2, 0.25) is 0 Å². The second-order valence-electron chi connectivity index (χ2n) is 8.72. The van der Waals surface area contributed by atoms with Crippen molar-refractivity contribution in [3.8, 4) is 0 Å². The number of hydrogen-bond acceptors (Lipinski definition) is 6. The second-order valence-corrected chi connectivity index (χ2v) is 9.66. The van der Waals surface area contributed by atoms with Crippen molar-refractivity contribution >= 4 is 23.5 Å². The molecule has 2 saturated heterocycles. The monoisotopic (exact) mass is 454 g/mol. The predicted molar refractivity (Wildman–Crippen MR) is 129 cm³/mol. The van der Waals surface area contributed by atoms with E-state index in [0.717, 1.165) is 60.4 Å². The van der Waals surface area contributed by atoms with E-state index >= 15 is 0 Å². The first-order chi connectivity index (χ1) is 15.6. The summed E-state index contributed by atoms with van der Waals surface area (Å²) in [6, 6.07) is 10.5. The molecule has 2 fully saturated rings. The van der Waals surface area contributed by atoms with Crippen molar-refractivity contribution < 1.29 is 9.53 Å². The van der Waals surface area contributed by atoms with Crippen LogP contribution in [0.15, 0.2) is 35.5 Å². The third kappa shape index (κ3) is 6.01. The number of carbonyl (C=O) groups excluding carboxylic acids is 1. The fourth-order valence-electron chi connectivity index (χ4n) is 4.30. The molecule has 2 aromatic rings. The van der Waals surface area contributed by atoms with Crippen LogP contribution >= 0.6 is 11.8 Å². The van der Waals surface area contributed by atoms with Gasteiger partial charge in [-0.05, 0) is 63.1 Å². The van der Waals surface area contributed by atoms with Crippen LogP contribution in [0.3, 0.4) is 0 Å². The Balaban J connectivity index is 1.35. The number of rotatable bonds is 8. The van der Waals surface area contributed by atoms with Crippen LogP contribution in [0, 0.1) is 0 Å².